The second kappa shape index (κ2) is 6.83. The maximum Gasteiger partial charge on any atom is 0.379 e. The van der Waals surface area contributed by atoms with E-state index in [1.165, 1.54) is 12.3 Å². The Hall–Kier alpha value is -3.34. The molecule has 0 aliphatic rings. The fourth-order valence-electron chi connectivity index (χ4n) is 2.10. The summed E-state index contributed by atoms with van der Waals surface area (Å²) in [7, 11) is 0. The number of aryl methyl sites for hydroxylation is 1. The number of hydrogen-bond acceptors (Lipinski definition) is 4. The topological polar surface area (TPSA) is 68.5 Å². The average Bonchev–Trinajstić information content (AvgIpc) is 3.10. The third kappa shape index (κ3) is 3.70. The van der Waals surface area contributed by atoms with Gasteiger partial charge >= 0.3 is 5.97 Å². The molecule has 0 atom stereocenters. The van der Waals surface area contributed by atoms with Crippen molar-refractivity contribution in [3.05, 3.63) is 83.8 Å². The van der Waals surface area contributed by atoms with Crippen LogP contribution in [0.4, 0.5) is 5.69 Å². The monoisotopic (exact) mass is 321 g/mol. The first-order valence-corrected chi connectivity index (χ1v) is 7.35. The molecule has 5 heteroatoms. The van der Waals surface area contributed by atoms with E-state index in [-0.39, 0.29) is 11.7 Å². The molecule has 2 aromatic carbocycles. The smallest absolute Gasteiger partial charge is 0.379 e. The van der Waals surface area contributed by atoms with E-state index in [2.05, 4.69) is 5.32 Å². The minimum absolute atomic E-state index is 0.115. The van der Waals surface area contributed by atoms with Crippen molar-refractivity contribution in [3.63, 3.8) is 0 Å². The average molecular weight is 321 g/mol. The molecule has 0 saturated carbocycles. The van der Waals surface area contributed by atoms with Gasteiger partial charge in [-0.2, -0.15) is 0 Å². The van der Waals surface area contributed by atoms with Gasteiger partial charge in [-0.1, -0.05) is 23.8 Å². The third-order valence-corrected chi connectivity index (χ3v) is 3.34. The highest BCUT2D eigenvalue weighted by molar-refractivity contribution is 6.04. The maximum absolute atomic E-state index is 12.2. The zero-order chi connectivity index (χ0) is 16.9. The Bertz CT molecular complexity index is 851. The highest BCUT2D eigenvalue weighted by Gasteiger charge is 2.12. The van der Waals surface area contributed by atoms with Crippen LogP contribution in [0.15, 0.2) is 71.3 Å². The summed E-state index contributed by atoms with van der Waals surface area (Å²) in [4.78, 5) is 24.1. The standard InChI is InChI=1S/C19H15NO4/c1-13-7-9-14(10-8-13)18(21)20-15-4-2-5-16(12-15)24-19(22)17-6-3-11-23-17/h2-12H,1H3,(H,20,21). The number of esters is 1. The van der Waals surface area contributed by atoms with Crippen LogP contribution in [0.3, 0.4) is 0 Å². The number of anilines is 1. The summed E-state index contributed by atoms with van der Waals surface area (Å²) < 4.78 is 10.2. The van der Waals surface area contributed by atoms with Crippen molar-refractivity contribution in [3.8, 4) is 5.75 Å². The number of rotatable bonds is 4. The molecule has 1 N–H and O–H groups in total. The van der Waals surface area contributed by atoms with Gasteiger partial charge in [-0.15, -0.1) is 0 Å². The molecule has 0 aliphatic heterocycles. The minimum Gasteiger partial charge on any atom is -0.457 e. The van der Waals surface area contributed by atoms with Crippen molar-refractivity contribution < 1.29 is 18.7 Å². The molecule has 0 aliphatic carbocycles. The summed E-state index contributed by atoms with van der Waals surface area (Å²) in [6.07, 6.45) is 1.40. The number of amides is 1. The highest BCUT2D eigenvalue weighted by atomic mass is 16.5. The molecular formula is C19H15NO4. The molecule has 0 fully saturated rings. The van der Waals surface area contributed by atoms with Crippen LogP contribution in [0.1, 0.15) is 26.5 Å². The normalized spacial score (nSPS) is 10.2. The van der Waals surface area contributed by atoms with Gasteiger partial charge in [-0.3, -0.25) is 4.79 Å². The lowest BCUT2D eigenvalue weighted by Crippen LogP contribution is -2.12. The van der Waals surface area contributed by atoms with Gasteiger partial charge < -0.3 is 14.5 Å². The van der Waals surface area contributed by atoms with Crippen molar-refractivity contribution in [1.29, 1.82) is 0 Å². The van der Waals surface area contributed by atoms with Gasteiger partial charge in [-0.05, 0) is 43.3 Å². The van der Waals surface area contributed by atoms with E-state index in [0.717, 1.165) is 5.56 Å². The minimum atomic E-state index is -0.595. The van der Waals surface area contributed by atoms with Gasteiger partial charge in [-0.25, -0.2) is 4.79 Å². The van der Waals surface area contributed by atoms with Crippen molar-refractivity contribution in [2.75, 3.05) is 5.32 Å². The van der Waals surface area contributed by atoms with Crippen molar-refractivity contribution in [2.45, 2.75) is 6.92 Å². The van der Waals surface area contributed by atoms with E-state index >= 15 is 0 Å². The van der Waals surface area contributed by atoms with E-state index < -0.39 is 5.97 Å². The lowest BCUT2D eigenvalue weighted by atomic mass is 10.1. The first-order chi connectivity index (χ1) is 11.6. The van der Waals surface area contributed by atoms with Crippen molar-refractivity contribution >= 4 is 17.6 Å². The Balaban J connectivity index is 1.70. The van der Waals surface area contributed by atoms with Crippen molar-refractivity contribution in [1.82, 2.24) is 0 Å². The van der Waals surface area contributed by atoms with E-state index in [1.807, 2.05) is 19.1 Å². The first kappa shape index (κ1) is 15.6. The van der Waals surface area contributed by atoms with E-state index in [4.69, 9.17) is 9.15 Å². The van der Waals surface area contributed by atoms with Crippen LogP contribution in [0.2, 0.25) is 0 Å². The van der Waals surface area contributed by atoms with Crippen LogP contribution in [-0.4, -0.2) is 11.9 Å². The van der Waals surface area contributed by atoms with Gasteiger partial charge in [0.25, 0.3) is 5.91 Å². The van der Waals surface area contributed by atoms with Crippen LogP contribution in [-0.2, 0) is 0 Å². The van der Waals surface area contributed by atoms with E-state index in [1.54, 1.807) is 42.5 Å². The number of hydrogen-bond donors (Lipinski definition) is 1. The molecule has 0 unspecified atom stereocenters. The van der Waals surface area contributed by atoms with Gasteiger partial charge in [0.05, 0.1) is 6.26 Å². The second-order valence-corrected chi connectivity index (χ2v) is 5.21. The number of carbonyl (C=O) groups is 2. The molecule has 1 heterocycles. The summed E-state index contributed by atoms with van der Waals surface area (Å²) in [5, 5.41) is 2.77. The van der Waals surface area contributed by atoms with Crippen LogP contribution < -0.4 is 10.1 Å². The number of ether oxygens (including phenoxy) is 1. The zero-order valence-electron chi connectivity index (χ0n) is 13.0. The Morgan fingerprint density at radius 2 is 1.79 bits per heavy atom. The largest absolute Gasteiger partial charge is 0.457 e. The number of carbonyl (C=O) groups excluding carboxylic acids is 2. The van der Waals surface area contributed by atoms with Crippen LogP contribution >= 0.6 is 0 Å². The molecule has 1 aromatic heterocycles. The summed E-state index contributed by atoms with van der Waals surface area (Å²) >= 11 is 0. The molecule has 24 heavy (non-hydrogen) atoms. The van der Waals surface area contributed by atoms with Gasteiger partial charge in [0.2, 0.25) is 5.76 Å². The molecule has 0 spiro atoms. The molecule has 3 aromatic rings. The maximum atomic E-state index is 12.2. The van der Waals surface area contributed by atoms with Gasteiger partial charge in [0.15, 0.2) is 0 Å². The predicted molar refractivity (Wildman–Crippen MR) is 89.2 cm³/mol. The fourth-order valence-corrected chi connectivity index (χ4v) is 2.10. The highest BCUT2D eigenvalue weighted by Crippen LogP contribution is 2.19. The Labute approximate surface area is 138 Å². The fraction of sp³-hybridized carbons (Fsp3) is 0.0526. The van der Waals surface area contributed by atoms with Crippen LogP contribution in [0.5, 0.6) is 5.75 Å². The van der Waals surface area contributed by atoms with E-state index in [9.17, 15) is 9.59 Å². The quantitative estimate of drug-likeness (QED) is 0.581. The summed E-state index contributed by atoms with van der Waals surface area (Å²) in [6, 6.07) is 17.0. The lowest BCUT2D eigenvalue weighted by Gasteiger charge is -2.08. The zero-order valence-corrected chi connectivity index (χ0v) is 13.0. The number of benzene rings is 2. The van der Waals surface area contributed by atoms with E-state index in [0.29, 0.717) is 17.0 Å². The molecule has 120 valence electrons. The molecule has 5 nitrogen and oxygen atoms in total. The number of nitrogens with one attached hydrogen (secondary N) is 1. The third-order valence-electron chi connectivity index (χ3n) is 3.34. The van der Waals surface area contributed by atoms with Crippen LogP contribution in [0, 0.1) is 6.92 Å². The molecular weight excluding hydrogens is 306 g/mol. The van der Waals surface area contributed by atoms with Crippen LogP contribution in [0.25, 0.3) is 0 Å². The van der Waals surface area contributed by atoms with Gasteiger partial charge in [0.1, 0.15) is 5.75 Å². The lowest BCUT2D eigenvalue weighted by molar-refractivity contribution is 0.0701. The molecule has 0 radical (unpaired) electrons. The first-order valence-electron chi connectivity index (χ1n) is 7.35. The molecule has 0 saturated heterocycles. The summed E-state index contributed by atoms with van der Waals surface area (Å²) in [6.45, 7) is 1.96. The SMILES string of the molecule is Cc1ccc(C(=O)Nc2cccc(OC(=O)c3ccco3)c2)cc1. The Kier molecular flexibility index (Phi) is 4.43. The van der Waals surface area contributed by atoms with Crippen molar-refractivity contribution in [2.24, 2.45) is 0 Å². The molecule has 3 rings (SSSR count). The predicted octanol–water partition coefficient (Wildman–Crippen LogP) is 4.06. The summed E-state index contributed by atoms with van der Waals surface area (Å²) in [5.74, 6) is -0.395. The molecule has 1 amide bonds. The second-order valence-electron chi connectivity index (χ2n) is 5.21. The molecule has 0 bridgehead atoms. The Morgan fingerprint density at radius 3 is 2.50 bits per heavy atom. The Morgan fingerprint density at radius 1 is 1.00 bits per heavy atom. The number of furan rings is 1. The van der Waals surface area contributed by atoms with Gasteiger partial charge in [0, 0.05) is 17.3 Å². The summed E-state index contributed by atoms with van der Waals surface area (Å²) in [5.41, 5.74) is 2.17.